The Labute approximate surface area is 92.5 Å². The number of likely N-dealkylation sites (tertiary alicyclic amines) is 1. The van der Waals surface area contributed by atoms with Crippen molar-refractivity contribution >= 4 is 22.6 Å². The number of pyridine rings is 1. The van der Waals surface area contributed by atoms with E-state index in [0.717, 1.165) is 0 Å². The summed E-state index contributed by atoms with van der Waals surface area (Å²) in [6, 6.07) is 2.84. The highest BCUT2D eigenvalue weighted by Gasteiger charge is 2.22. The molecule has 0 aromatic carbocycles. The Kier molecular flexibility index (Phi) is 2.83. The molecule has 2 nitrogen and oxygen atoms in total. The minimum absolute atomic E-state index is 0.599. The Bertz CT molecular complexity index is 301. The molecular weight excluding hydrogens is 273 g/mol. The normalized spacial score (nSPS) is 23.7. The van der Waals surface area contributed by atoms with Gasteiger partial charge in [0.1, 0.15) is 0 Å². The van der Waals surface area contributed by atoms with Gasteiger partial charge in [-0.25, -0.2) is 0 Å². The van der Waals surface area contributed by atoms with E-state index in [0.29, 0.717) is 6.04 Å². The van der Waals surface area contributed by atoms with Gasteiger partial charge < -0.3 is 0 Å². The number of hydrogen-bond donors (Lipinski definition) is 0. The molecule has 1 atom stereocenters. The zero-order chi connectivity index (χ0) is 9.26. The lowest BCUT2D eigenvalue weighted by Gasteiger charge is -2.19. The van der Waals surface area contributed by atoms with Crippen LogP contribution in [0.25, 0.3) is 0 Å². The van der Waals surface area contributed by atoms with Gasteiger partial charge >= 0.3 is 0 Å². The number of nitrogens with zero attached hydrogens (tertiary/aromatic N) is 2. The average molecular weight is 286 g/mol. The maximum Gasteiger partial charge on any atom is 0.0401 e. The van der Waals surface area contributed by atoms with Gasteiger partial charge in [0.25, 0.3) is 0 Å². The number of rotatable bonds is 1. The Hall–Kier alpha value is -0.160. The third kappa shape index (κ3) is 2.02. The molecule has 1 aromatic heterocycles. The van der Waals surface area contributed by atoms with Crippen LogP contribution >= 0.6 is 22.6 Å². The summed E-state index contributed by atoms with van der Waals surface area (Å²) in [5.41, 5.74) is 1.37. The molecule has 0 N–H and O–H groups in total. The van der Waals surface area contributed by atoms with Crippen molar-refractivity contribution in [2.24, 2.45) is 0 Å². The van der Waals surface area contributed by atoms with Crippen molar-refractivity contribution in [3.05, 3.63) is 27.6 Å². The lowest BCUT2D eigenvalue weighted by Crippen LogP contribution is -2.17. The van der Waals surface area contributed by atoms with Crippen LogP contribution in [0.3, 0.4) is 0 Å². The number of halogens is 1. The lowest BCUT2D eigenvalue weighted by atomic mass is 10.1. The standard InChI is InChI=1S/C10H13IN2/c1-13-4-2-3-10(13)8-5-9(11)7-12-6-8/h5-7,10H,2-4H2,1H3/t10-/m1/s1/i11-2. The van der Waals surface area contributed by atoms with Gasteiger partial charge in [-0.2, -0.15) is 0 Å². The minimum atomic E-state index is 0.599. The molecule has 0 radical (unpaired) electrons. The highest BCUT2D eigenvalue weighted by Crippen LogP contribution is 2.30. The monoisotopic (exact) mass is 286 g/mol. The number of hydrogen-bond acceptors (Lipinski definition) is 2. The molecule has 0 saturated carbocycles. The van der Waals surface area contributed by atoms with Gasteiger partial charge in [0.2, 0.25) is 0 Å². The SMILES string of the molecule is CN1CCC[C@@H]1c1cncc([125I])c1. The zero-order valence-electron chi connectivity index (χ0n) is 7.70. The third-order valence-electron chi connectivity index (χ3n) is 2.63. The lowest BCUT2D eigenvalue weighted by molar-refractivity contribution is 0.317. The van der Waals surface area contributed by atoms with E-state index in [1.54, 1.807) is 0 Å². The van der Waals surface area contributed by atoms with Crippen LogP contribution in [0.4, 0.5) is 0 Å². The summed E-state index contributed by atoms with van der Waals surface area (Å²) in [6.45, 7) is 1.22. The first kappa shape index (κ1) is 9.40. The van der Waals surface area contributed by atoms with Gasteiger partial charge in [-0.3, -0.25) is 9.88 Å². The molecular formula is C10H13IN2. The van der Waals surface area contributed by atoms with E-state index < -0.39 is 0 Å². The molecule has 70 valence electrons. The zero-order valence-corrected chi connectivity index (χ0v) is 9.86. The Balaban J connectivity index is 2.24. The highest BCUT2D eigenvalue weighted by atomic mass is 125. The second-order valence-electron chi connectivity index (χ2n) is 3.58. The molecule has 13 heavy (non-hydrogen) atoms. The van der Waals surface area contributed by atoms with Gasteiger partial charge in [0, 0.05) is 22.0 Å². The summed E-state index contributed by atoms with van der Waals surface area (Å²) < 4.78 is 1.23. The predicted molar refractivity (Wildman–Crippen MR) is 61.6 cm³/mol. The molecule has 0 aliphatic carbocycles. The summed E-state index contributed by atoms with van der Waals surface area (Å²) in [6.07, 6.45) is 6.48. The fourth-order valence-electron chi connectivity index (χ4n) is 1.94. The molecule has 0 bridgehead atoms. The average Bonchev–Trinajstić information content (AvgIpc) is 2.51. The van der Waals surface area contributed by atoms with Gasteiger partial charge in [-0.15, -0.1) is 0 Å². The Morgan fingerprint density at radius 3 is 3.00 bits per heavy atom. The molecule has 0 spiro atoms. The number of aromatic nitrogens is 1. The van der Waals surface area contributed by atoms with Crippen molar-refractivity contribution in [1.82, 2.24) is 9.88 Å². The van der Waals surface area contributed by atoms with Crippen molar-refractivity contribution in [2.45, 2.75) is 18.9 Å². The van der Waals surface area contributed by atoms with Crippen LogP contribution in [0.5, 0.6) is 0 Å². The fourth-order valence-corrected chi connectivity index (χ4v) is 2.46. The van der Waals surface area contributed by atoms with Crippen molar-refractivity contribution in [2.75, 3.05) is 13.6 Å². The van der Waals surface area contributed by atoms with Crippen LogP contribution in [0.2, 0.25) is 0 Å². The molecule has 3 heteroatoms. The molecule has 1 aliphatic rings. The fraction of sp³-hybridized carbons (Fsp3) is 0.500. The maximum atomic E-state index is 4.23. The molecule has 2 rings (SSSR count). The van der Waals surface area contributed by atoms with E-state index >= 15 is 0 Å². The van der Waals surface area contributed by atoms with E-state index in [1.165, 1.54) is 28.5 Å². The summed E-state index contributed by atoms with van der Waals surface area (Å²) in [4.78, 5) is 6.64. The summed E-state index contributed by atoms with van der Waals surface area (Å²) >= 11 is 2.32. The molecule has 1 aliphatic heterocycles. The third-order valence-corrected chi connectivity index (χ3v) is 3.22. The van der Waals surface area contributed by atoms with E-state index in [4.69, 9.17) is 0 Å². The molecule has 1 aromatic rings. The van der Waals surface area contributed by atoms with Crippen LogP contribution in [0.15, 0.2) is 18.5 Å². The van der Waals surface area contributed by atoms with Crippen molar-refractivity contribution in [1.29, 1.82) is 0 Å². The predicted octanol–water partition coefficient (Wildman–Crippen LogP) is 2.45. The minimum Gasteiger partial charge on any atom is -0.299 e. The molecule has 0 unspecified atom stereocenters. The Morgan fingerprint density at radius 1 is 1.54 bits per heavy atom. The van der Waals surface area contributed by atoms with E-state index in [9.17, 15) is 0 Å². The first-order valence-electron chi connectivity index (χ1n) is 4.58. The van der Waals surface area contributed by atoms with E-state index in [1.807, 2.05) is 12.4 Å². The summed E-state index contributed by atoms with van der Waals surface area (Å²) in [5, 5.41) is 0. The first-order valence-corrected chi connectivity index (χ1v) is 5.66. The van der Waals surface area contributed by atoms with Crippen molar-refractivity contribution in [3.8, 4) is 0 Å². The van der Waals surface area contributed by atoms with Crippen LogP contribution in [0, 0.1) is 3.57 Å². The summed E-state index contributed by atoms with van der Waals surface area (Å²) in [7, 11) is 2.19. The molecule has 2 heterocycles. The quantitative estimate of drug-likeness (QED) is 0.737. The van der Waals surface area contributed by atoms with E-state index in [-0.39, 0.29) is 0 Å². The highest BCUT2D eigenvalue weighted by molar-refractivity contribution is 14.1. The topological polar surface area (TPSA) is 16.1 Å². The smallest absolute Gasteiger partial charge is 0.0401 e. The summed E-state index contributed by atoms with van der Waals surface area (Å²) in [5.74, 6) is 0. The van der Waals surface area contributed by atoms with Crippen LogP contribution < -0.4 is 0 Å². The van der Waals surface area contributed by atoms with Crippen LogP contribution in [-0.2, 0) is 0 Å². The van der Waals surface area contributed by atoms with Gasteiger partial charge in [-0.1, -0.05) is 0 Å². The van der Waals surface area contributed by atoms with Crippen LogP contribution in [0.1, 0.15) is 24.4 Å². The molecule has 0 amide bonds. The van der Waals surface area contributed by atoms with Gasteiger partial charge in [0.15, 0.2) is 0 Å². The second-order valence-corrected chi connectivity index (χ2v) is 4.82. The molecule has 1 fully saturated rings. The Morgan fingerprint density at radius 2 is 2.38 bits per heavy atom. The van der Waals surface area contributed by atoms with Gasteiger partial charge in [-0.05, 0) is 60.7 Å². The largest absolute Gasteiger partial charge is 0.299 e. The first-order chi connectivity index (χ1) is 6.27. The van der Waals surface area contributed by atoms with Crippen molar-refractivity contribution < 1.29 is 0 Å². The van der Waals surface area contributed by atoms with Crippen LogP contribution in [-0.4, -0.2) is 23.5 Å². The van der Waals surface area contributed by atoms with Gasteiger partial charge in [0.05, 0.1) is 0 Å². The molecule has 1 saturated heterocycles. The van der Waals surface area contributed by atoms with Crippen molar-refractivity contribution in [3.63, 3.8) is 0 Å². The maximum absolute atomic E-state index is 4.23. The van der Waals surface area contributed by atoms with E-state index in [2.05, 4.69) is 45.6 Å². The second kappa shape index (κ2) is 3.92.